The van der Waals surface area contributed by atoms with Crippen LogP contribution in [-0.2, 0) is 4.79 Å². The van der Waals surface area contributed by atoms with Gasteiger partial charge in [-0.25, -0.2) is 24.4 Å². The van der Waals surface area contributed by atoms with Crippen molar-refractivity contribution in [1.29, 1.82) is 0 Å². The van der Waals surface area contributed by atoms with Gasteiger partial charge in [-0.3, -0.25) is 24.1 Å². The maximum atomic E-state index is 13.1. The van der Waals surface area contributed by atoms with Crippen molar-refractivity contribution in [3.05, 3.63) is 70.0 Å². The first-order chi connectivity index (χ1) is 18.0. The maximum absolute atomic E-state index is 13.1. The lowest BCUT2D eigenvalue weighted by Gasteiger charge is -2.33. The Kier molecular flexibility index (Phi) is 5.53. The summed E-state index contributed by atoms with van der Waals surface area (Å²) in [4.78, 5) is 59.6. The summed E-state index contributed by atoms with van der Waals surface area (Å²) in [5, 5.41) is 13.5. The number of aliphatic hydroxyl groups excluding tert-OH is 1. The zero-order valence-electron chi connectivity index (χ0n) is 19.5. The Morgan fingerprint density at radius 2 is 1.86 bits per heavy atom. The van der Waals surface area contributed by atoms with E-state index in [2.05, 4.69) is 25.0 Å². The van der Waals surface area contributed by atoms with E-state index in [4.69, 9.17) is 4.98 Å². The molecule has 0 unspecified atom stereocenters. The van der Waals surface area contributed by atoms with Gasteiger partial charge in [0.25, 0.3) is 5.56 Å². The van der Waals surface area contributed by atoms with Gasteiger partial charge in [0, 0.05) is 55.7 Å². The van der Waals surface area contributed by atoms with Gasteiger partial charge >= 0.3 is 5.69 Å². The Hall–Kier alpha value is -4.78. The molecule has 5 aromatic rings. The van der Waals surface area contributed by atoms with Crippen LogP contribution in [-0.4, -0.2) is 74.9 Å². The lowest BCUT2D eigenvalue weighted by molar-refractivity contribution is -0.135. The fourth-order valence-corrected chi connectivity index (χ4v) is 4.73. The Balaban J connectivity index is 1.47. The van der Waals surface area contributed by atoms with E-state index in [0.717, 1.165) is 0 Å². The van der Waals surface area contributed by atoms with Crippen LogP contribution < -0.4 is 11.2 Å². The van der Waals surface area contributed by atoms with Crippen molar-refractivity contribution >= 4 is 27.8 Å². The van der Waals surface area contributed by atoms with Crippen molar-refractivity contribution in [2.45, 2.75) is 18.9 Å². The van der Waals surface area contributed by atoms with E-state index in [1.54, 1.807) is 57.1 Å². The van der Waals surface area contributed by atoms with Gasteiger partial charge in [-0.15, -0.1) is 0 Å². The molecule has 5 aromatic heterocycles. The highest BCUT2D eigenvalue weighted by molar-refractivity contribution is 6.01. The number of nitrogens with zero attached hydrogens (tertiary/aromatic N) is 8. The summed E-state index contributed by atoms with van der Waals surface area (Å²) in [5.41, 5.74) is 1.43. The second-order valence-corrected chi connectivity index (χ2v) is 8.71. The quantitative estimate of drug-likeness (QED) is 0.334. The van der Waals surface area contributed by atoms with Gasteiger partial charge in [0.1, 0.15) is 12.1 Å². The number of rotatable bonds is 4. The molecule has 37 heavy (non-hydrogen) atoms. The molecule has 1 fully saturated rings. The number of likely N-dealkylation sites (tertiary alicyclic amines) is 1. The summed E-state index contributed by atoms with van der Waals surface area (Å²) in [6, 6.07) is 5.05. The highest BCUT2D eigenvalue weighted by Crippen LogP contribution is 2.28. The number of hydrogen-bond acceptors (Lipinski definition) is 9. The molecule has 1 amide bonds. The Morgan fingerprint density at radius 1 is 1.08 bits per heavy atom. The summed E-state index contributed by atoms with van der Waals surface area (Å²) in [6.45, 7) is 0.222. The molecule has 6 heterocycles. The van der Waals surface area contributed by atoms with Crippen LogP contribution in [0.4, 0.5) is 0 Å². The third-order valence-corrected chi connectivity index (χ3v) is 6.57. The molecule has 1 aliphatic rings. The van der Waals surface area contributed by atoms with E-state index in [-0.39, 0.29) is 17.3 Å². The third-order valence-electron chi connectivity index (χ3n) is 6.57. The molecule has 6 rings (SSSR count). The number of pyridine rings is 2. The average Bonchev–Trinajstić information content (AvgIpc) is 3.48. The molecule has 0 bridgehead atoms. The number of aromatic amines is 1. The van der Waals surface area contributed by atoms with E-state index in [9.17, 15) is 19.5 Å². The lowest BCUT2D eigenvalue weighted by Crippen LogP contribution is -2.43. The number of piperidine rings is 1. The molecule has 0 aromatic carbocycles. The number of nitrogens with one attached hydrogen (secondary N) is 1. The number of amides is 1. The number of aliphatic hydroxyl groups is 1. The standard InChI is InChI=1S/C24H21N9O4/c34-13-19(35)31-8-4-15(5-9-31)33-21-16(22(36)30-24(33)37)12-25-18-3-2-17(29-20(18)21)14-10-26-23(27-11-14)32-7-1-6-28-32/h1-3,6-7,10-12,15,34H,4-5,8-9,13H2,(H,30,36,37). The number of carbonyl (C=O) groups is 1. The zero-order valence-corrected chi connectivity index (χ0v) is 19.5. The first-order valence-electron chi connectivity index (χ1n) is 11.7. The van der Waals surface area contributed by atoms with Crippen molar-refractivity contribution in [1.82, 2.24) is 44.2 Å². The smallest absolute Gasteiger partial charge is 0.329 e. The molecule has 13 nitrogen and oxygen atoms in total. The molecule has 1 aliphatic heterocycles. The molecule has 0 spiro atoms. The molecule has 13 heteroatoms. The molecule has 0 aliphatic carbocycles. The normalized spacial score (nSPS) is 14.5. The minimum Gasteiger partial charge on any atom is -0.387 e. The van der Waals surface area contributed by atoms with E-state index < -0.39 is 17.9 Å². The van der Waals surface area contributed by atoms with Gasteiger partial charge in [-0.05, 0) is 31.0 Å². The van der Waals surface area contributed by atoms with Crippen LogP contribution in [0, 0.1) is 0 Å². The predicted molar refractivity (Wildman–Crippen MR) is 132 cm³/mol. The van der Waals surface area contributed by atoms with E-state index in [1.165, 1.54) is 6.20 Å². The molecule has 186 valence electrons. The molecule has 2 N–H and O–H groups in total. The van der Waals surface area contributed by atoms with Gasteiger partial charge in [0.15, 0.2) is 0 Å². The van der Waals surface area contributed by atoms with Crippen molar-refractivity contribution in [2.75, 3.05) is 19.7 Å². The summed E-state index contributed by atoms with van der Waals surface area (Å²) >= 11 is 0. The first-order valence-corrected chi connectivity index (χ1v) is 11.7. The minimum atomic E-state index is -0.554. The first kappa shape index (κ1) is 22.7. The summed E-state index contributed by atoms with van der Waals surface area (Å²) in [6.07, 6.45) is 9.05. The molecule has 1 saturated heterocycles. The van der Waals surface area contributed by atoms with Crippen molar-refractivity contribution in [3.63, 3.8) is 0 Å². The van der Waals surface area contributed by atoms with Crippen molar-refractivity contribution in [2.24, 2.45) is 0 Å². The number of carbonyl (C=O) groups excluding carboxylic acids is 1. The highest BCUT2D eigenvalue weighted by atomic mass is 16.3. The van der Waals surface area contributed by atoms with E-state index in [1.807, 2.05) is 0 Å². The van der Waals surface area contributed by atoms with Crippen LogP contribution in [0.1, 0.15) is 18.9 Å². The van der Waals surface area contributed by atoms with E-state index in [0.29, 0.717) is 59.7 Å². The van der Waals surface area contributed by atoms with Gasteiger partial charge in [0.2, 0.25) is 11.9 Å². The molecular weight excluding hydrogens is 478 g/mol. The monoisotopic (exact) mass is 499 g/mol. The summed E-state index contributed by atoms with van der Waals surface area (Å²) in [5.74, 6) is 0.0620. The van der Waals surface area contributed by atoms with Crippen molar-refractivity contribution < 1.29 is 9.90 Å². The third kappa shape index (κ3) is 3.94. The van der Waals surface area contributed by atoms with Gasteiger partial charge in [-0.2, -0.15) is 5.10 Å². The number of fused-ring (bicyclic) bond motifs is 3. The second kappa shape index (κ2) is 9.02. The molecule has 0 saturated carbocycles. The molecule has 0 atom stereocenters. The van der Waals surface area contributed by atoms with Gasteiger partial charge in [-0.1, -0.05) is 0 Å². The Labute approximate surface area is 208 Å². The largest absolute Gasteiger partial charge is 0.387 e. The fraction of sp³-hybridized carbons (Fsp3) is 0.250. The van der Waals surface area contributed by atoms with Gasteiger partial charge < -0.3 is 10.0 Å². The number of H-pyrrole nitrogens is 1. The van der Waals surface area contributed by atoms with Gasteiger partial charge in [0.05, 0.1) is 22.1 Å². The van der Waals surface area contributed by atoms with Crippen LogP contribution in [0.5, 0.6) is 0 Å². The highest BCUT2D eigenvalue weighted by Gasteiger charge is 2.26. The van der Waals surface area contributed by atoms with Crippen LogP contribution >= 0.6 is 0 Å². The Bertz CT molecular complexity index is 1740. The molecular formula is C24H21N9O4. The summed E-state index contributed by atoms with van der Waals surface area (Å²) < 4.78 is 3.09. The SMILES string of the molecule is O=C(CO)N1CCC(n2c(=O)[nH]c(=O)c3cnc4ccc(-c5cnc(-n6cccn6)nc5)nc4c32)CC1. The van der Waals surface area contributed by atoms with Crippen LogP contribution in [0.15, 0.2) is 58.8 Å². The topological polar surface area (TPSA) is 165 Å². The van der Waals surface area contributed by atoms with E-state index >= 15 is 0 Å². The van der Waals surface area contributed by atoms with Crippen LogP contribution in [0.2, 0.25) is 0 Å². The van der Waals surface area contributed by atoms with Crippen molar-refractivity contribution in [3.8, 4) is 17.2 Å². The predicted octanol–water partition coefficient (Wildman–Crippen LogP) is 0.431. The molecule has 0 radical (unpaired) electrons. The zero-order chi connectivity index (χ0) is 25.5. The average molecular weight is 499 g/mol. The number of hydrogen-bond donors (Lipinski definition) is 2. The number of aromatic nitrogens is 8. The fourth-order valence-electron chi connectivity index (χ4n) is 4.73. The summed E-state index contributed by atoms with van der Waals surface area (Å²) in [7, 11) is 0. The lowest BCUT2D eigenvalue weighted by atomic mass is 10.0. The Morgan fingerprint density at radius 3 is 2.57 bits per heavy atom. The van der Waals surface area contributed by atoms with Crippen LogP contribution in [0.25, 0.3) is 39.1 Å². The maximum Gasteiger partial charge on any atom is 0.329 e. The minimum absolute atomic E-state index is 0.246. The van der Waals surface area contributed by atoms with Crippen LogP contribution in [0.3, 0.4) is 0 Å². The second-order valence-electron chi connectivity index (χ2n) is 8.71.